The molecule has 0 aliphatic rings. The van der Waals surface area contributed by atoms with E-state index in [4.69, 9.17) is 9.47 Å². The van der Waals surface area contributed by atoms with Gasteiger partial charge in [0.1, 0.15) is 5.75 Å². The molecule has 0 bridgehead atoms. The highest BCUT2D eigenvalue weighted by molar-refractivity contribution is 6.00. The first kappa shape index (κ1) is 13.7. The summed E-state index contributed by atoms with van der Waals surface area (Å²) in [6, 6.07) is 5.66. The van der Waals surface area contributed by atoms with E-state index in [1.807, 2.05) is 32.0 Å². The molecule has 17 heavy (non-hydrogen) atoms. The minimum atomic E-state index is -0.0503. The van der Waals surface area contributed by atoms with Gasteiger partial charge in [-0.15, -0.1) is 0 Å². The average Bonchev–Trinajstić information content (AvgIpc) is 2.34. The summed E-state index contributed by atoms with van der Waals surface area (Å²) in [5.74, 6) is 0.707. The van der Waals surface area contributed by atoms with Gasteiger partial charge >= 0.3 is 0 Å². The standard InChI is InChI=1S/C14H20O3/c1-10-5-6-13(17-4)12(9-10)14(15)11(2)7-8-16-3/h5-6,9,11H,7-8H2,1-4H3. The second kappa shape index (κ2) is 6.40. The molecule has 1 aromatic rings. The monoisotopic (exact) mass is 236 g/mol. The van der Waals surface area contributed by atoms with E-state index in [9.17, 15) is 4.79 Å². The van der Waals surface area contributed by atoms with Crippen LogP contribution in [0.1, 0.15) is 29.3 Å². The van der Waals surface area contributed by atoms with Crippen LogP contribution in [0.25, 0.3) is 0 Å². The van der Waals surface area contributed by atoms with Gasteiger partial charge in [-0.05, 0) is 25.5 Å². The van der Waals surface area contributed by atoms with Crippen LogP contribution in [0.15, 0.2) is 18.2 Å². The van der Waals surface area contributed by atoms with E-state index in [2.05, 4.69) is 0 Å². The van der Waals surface area contributed by atoms with E-state index in [0.29, 0.717) is 17.9 Å². The molecule has 0 radical (unpaired) electrons. The molecule has 0 amide bonds. The van der Waals surface area contributed by atoms with Crippen LogP contribution in [-0.4, -0.2) is 26.6 Å². The third-order valence-electron chi connectivity index (χ3n) is 2.82. The Hall–Kier alpha value is -1.35. The maximum atomic E-state index is 12.2. The van der Waals surface area contributed by atoms with Gasteiger partial charge in [-0.2, -0.15) is 0 Å². The molecule has 0 aromatic heterocycles. The first-order valence-corrected chi connectivity index (χ1v) is 5.78. The molecular weight excluding hydrogens is 216 g/mol. The first-order chi connectivity index (χ1) is 8.10. The van der Waals surface area contributed by atoms with Gasteiger partial charge in [-0.25, -0.2) is 0 Å². The van der Waals surface area contributed by atoms with Crippen molar-refractivity contribution in [3.63, 3.8) is 0 Å². The summed E-state index contributed by atoms with van der Waals surface area (Å²) in [6.07, 6.45) is 0.729. The summed E-state index contributed by atoms with van der Waals surface area (Å²) in [7, 11) is 3.23. The second-order valence-corrected chi connectivity index (χ2v) is 4.25. The van der Waals surface area contributed by atoms with Crippen LogP contribution in [0, 0.1) is 12.8 Å². The van der Waals surface area contributed by atoms with Crippen molar-refractivity contribution in [2.24, 2.45) is 5.92 Å². The van der Waals surface area contributed by atoms with Crippen molar-refractivity contribution in [3.05, 3.63) is 29.3 Å². The second-order valence-electron chi connectivity index (χ2n) is 4.25. The number of hydrogen-bond acceptors (Lipinski definition) is 3. The predicted octanol–water partition coefficient (Wildman–Crippen LogP) is 2.86. The summed E-state index contributed by atoms with van der Waals surface area (Å²) in [4.78, 5) is 12.2. The number of Topliss-reactive ketones (excluding diaryl/α,β-unsaturated/α-hetero) is 1. The minimum Gasteiger partial charge on any atom is -0.496 e. The molecule has 0 saturated carbocycles. The molecule has 1 unspecified atom stereocenters. The number of rotatable bonds is 6. The van der Waals surface area contributed by atoms with Gasteiger partial charge in [0.05, 0.1) is 12.7 Å². The molecule has 1 aromatic carbocycles. The number of carbonyl (C=O) groups is 1. The Labute approximate surface area is 103 Å². The van der Waals surface area contributed by atoms with Crippen LogP contribution in [0.2, 0.25) is 0 Å². The zero-order valence-electron chi connectivity index (χ0n) is 10.9. The van der Waals surface area contributed by atoms with Gasteiger partial charge in [0.15, 0.2) is 5.78 Å². The van der Waals surface area contributed by atoms with Gasteiger partial charge in [0.25, 0.3) is 0 Å². The first-order valence-electron chi connectivity index (χ1n) is 5.78. The van der Waals surface area contributed by atoms with E-state index >= 15 is 0 Å². The Morgan fingerprint density at radius 2 is 2.06 bits per heavy atom. The maximum absolute atomic E-state index is 12.2. The topological polar surface area (TPSA) is 35.5 Å². The van der Waals surface area contributed by atoms with Crippen molar-refractivity contribution in [3.8, 4) is 5.75 Å². The zero-order chi connectivity index (χ0) is 12.8. The third kappa shape index (κ3) is 3.56. The number of benzene rings is 1. The highest BCUT2D eigenvalue weighted by Gasteiger charge is 2.18. The zero-order valence-corrected chi connectivity index (χ0v) is 10.9. The number of methoxy groups -OCH3 is 2. The van der Waals surface area contributed by atoms with Crippen molar-refractivity contribution in [1.29, 1.82) is 0 Å². The van der Waals surface area contributed by atoms with Gasteiger partial charge in [0.2, 0.25) is 0 Å². The van der Waals surface area contributed by atoms with Crippen molar-refractivity contribution < 1.29 is 14.3 Å². The van der Waals surface area contributed by atoms with E-state index < -0.39 is 0 Å². The van der Waals surface area contributed by atoms with Crippen LogP contribution >= 0.6 is 0 Å². The Bertz CT molecular complexity index is 385. The highest BCUT2D eigenvalue weighted by Crippen LogP contribution is 2.23. The molecule has 0 aliphatic carbocycles. The summed E-state index contributed by atoms with van der Waals surface area (Å²) in [5.41, 5.74) is 1.73. The Kier molecular flexibility index (Phi) is 5.16. The lowest BCUT2D eigenvalue weighted by Crippen LogP contribution is -2.14. The lowest BCUT2D eigenvalue weighted by Gasteiger charge is -2.13. The van der Waals surface area contributed by atoms with Crippen molar-refractivity contribution in [2.45, 2.75) is 20.3 Å². The van der Waals surface area contributed by atoms with Gasteiger partial charge in [-0.1, -0.05) is 18.6 Å². The van der Waals surface area contributed by atoms with Crippen molar-refractivity contribution in [2.75, 3.05) is 20.8 Å². The highest BCUT2D eigenvalue weighted by atomic mass is 16.5. The lowest BCUT2D eigenvalue weighted by molar-refractivity contribution is 0.0890. The molecule has 1 atom stereocenters. The van der Waals surface area contributed by atoms with Crippen LogP contribution in [0.5, 0.6) is 5.75 Å². The van der Waals surface area contributed by atoms with Gasteiger partial charge in [-0.3, -0.25) is 4.79 Å². The molecular formula is C14H20O3. The number of aryl methyl sites for hydroxylation is 1. The summed E-state index contributed by atoms with van der Waals surface area (Å²) < 4.78 is 10.2. The fourth-order valence-corrected chi connectivity index (χ4v) is 1.71. The number of ketones is 1. The molecule has 3 heteroatoms. The van der Waals surface area contributed by atoms with Crippen LogP contribution in [0.3, 0.4) is 0 Å². The quantitative estimate of drug-likeness (QED) is 0.712. The molecule has 0 N–H and O–H groups in total. The van der Waals surface area contributed by atoms with E-state index in [0.717, 1.165) is 12.0 Å². The van der Waals surface area contributed by atoms with E-state index in [-0.39, 0.29) is 11.7 Å². The summed E-state index contributed by atoms with van der Waals surface area (Å²) in [6.45, 7) is 4.49. The molecule has 0 heterocycles. The third-order valence-corrected chi connectivity index (χ3v) is 2.82. The Morgan fingerprint density at radius 3 is 2.65 bits per heavy atom. The van der Waals surface area contributed by atoms with E-state index in [1.165, 1.54) is 0 Å². The molecule has 0 fully saturated rings. The summed E-state index contributed by atoms with van der Waals surface area (Å²) >= 11 is 0. The maximum Gasteiger partial charge on any atom is 0.169 e. The molecule has 3 nitrogen and oxygen atoms in total. The predicted molar refractivity (Wildman–Crippen MR) is 67.7 cm³/mol. The molecule has 94 valence electrons. The van der Waals surface area contributed by atoms with Crippen LogP contribution in [-0.2, 0) is 4.74 Å². The fraction of sp³-hybridized carbons (Fsp3) is 0.500. The van der Waals surface area contributed by atoms with Gasteiger partial charge in [0, 0.05) is 19.6 Å². The molecule has 0 aliphatic heterocycles. The largest absolute Gasteiger partial charge is 0.496 e. The SMILES string of the molecule is COCCC(C)C(=O)c1cc(C)ccc1OC. The number of carbonyl (C=O) groups excluding carboxylic acids is 1. The van der Waals surface area contributed by atoms with Crippen LogP contribution in [0.4, 0.5) is 0 Å². The lowest BCUT2D eigenvalue weighted by atomic mass is 9.95. The fourth-order valence-electron chi connectivity index (χ4n) is 1.71. The van der Waals surface area contributed by atoms with Crippen LogP contribution < -0.4 is 4.74 Å². The number of ether oxygens (including phenoxy) is 2. The Balaban J connectivity index is 2.90. The molecule has 0 saturated heterocycles. The summed E-state index contributed by atoms with van der Waals surface area (Å²) in [5, 5.41) is 0. The van der Waals surface area contributed by atoms with E-state index in [1.54, 1.807) is 14.2 Å². The van der Waals surface area contributed by atoms with Crippen molar-refractivity contribution in [1.82, 2.24) is 0 Å². The Morgan fingerprint density at radius 1 is 1.35 bits per heavy atom. The minimum absolute atomic E-state index is 0.0503. The molecule has 1 rings (SSSR count). The number of hydrogen-bond donors (Lipinski definition) is 0. The normalized spacial score (nSPS) is 12.2. The molecule has 0 spiro atoms. The van der Waals surface area contributed by atoms with Gasteiger partial charge < -0.3 is 9.47 Å². The average molecular weight is 236 g/mol. The smallest absolute Gasteiger partial charge is 0.169 e. The van der Waals surface area contributed by atoms with Crippen molar-refractivity contribution >= 4 is 5.78 Å².